The van der Waals surface area contributed by atoms with Crippen molar-refractivity contribution in [1.82, 2.24) is 5.32 Å². The van der Waals surface area contributed by atoms with E-state index in [4.69, 9.17) is 9.47 Å². The number of benzene rings is 3. The topological polar surface area (TPSA) is 84.9 Å². The molecule has 1 N–H and O–H groups in total. The van der Waals surface area contributed by atoms with Crippen LogP contribution in [0.2, 0.25) is 0 Å². The highest BCUT2D eigenvalue weighted by atomic mass is 32.2. The van der Waals surface area contributed by atoms with Crippen LogP contribution in [0.5, 0.6) is 11.5 Å². The lowest BCUT2D eigenvalue weighted by Crippen LogP contribution is -2.41. The molecule has 1 amide bonds. The predicted molar refractivity (Wildman–Crippen MR) is 142 cm³/mol. The van der Waals surface area contributed by atoms with Crippen molar-refractivity contribution in [2.24, 2.45) is 0 Å². The largest absolute Gasteiger partial charge is 0.493 e. The molecule has 1 unspecified atom stereocenters. The van der Waals surface area contributed by atoms with E-state index in [-0.39, 0.29) is 40.7 Å². The van der Waals surface area contributed by atoms with Crippen molar-refractivity contribution in [2.75, 3.05) is 25.1 Å². The summed E-state index contributed by atoms with van der Waals surface area (Å²) < 4.78 is 54.3. The fourth-order valence-electron chi connectivity index (χ4n) is 4.39. The van der Waals surface area contributed by atoms with Crippen molar-refractivity contribution in [3.05, 3.63) is 94.1 Å². The molecular formula is C28H29FN2O5S. The van der Waals surface area contributed by atoms with Crippen molar-refractivity contribution >= 4 is 27.2 Å². The van der Waals surface area contributed by atoms with E-state index < -0.39 is 21.7 Å². The summed E-state index contributed by atoms with van der Waals surface area (Å²) in [5.41, 5.74) is 2.20. The number of halogens is 1. The number of ether oxygens (including phenoxy) is 2. The van der Waals surface area contributed by atoms with E-state index in [0.29, 0.717) is 17.1 Å². The molecule has 0 bridgehead atoms. The third-order valence-corrected chi connectivity index (χ3v) is 8.39. The van der Waals surface area contributed by atoms with Crippen LogP contribution in [0.25, 0.3) is 5.57 Å². The van der Waals surface area contributed by atoms with Gasteiger partial charge in [-0.3, -0.25) is 9.10 Å². The second kappa shape index (κ2) is 10.6. The molecule has 3 aromatic rings. The summed E-state index contributed by atoms with van der Waals surface area (Å²) in [4.78, 5) is 13.0. The highest BCUT2D eigenvalue weighted by Gasteiger charge is 2.40. The first-order chi connectivity index (χ1) is 17.7. The third-order valence-electron chi connectivity index (χ3n) is 6.48. The standard InChI is InChI=1S/C28H29FN2O5S/c1-18(20-10-6-5-7-11-20)16-30-28(32)27-19(2)22-14-25(35-3)26(36-4)15-24(22)31(37(27,33)34)17-21-12-8-9-13-23(21)29/h5-15,18H,16-17H2,1-4H3,(H,30,32). The first-order valence-corrected chi connectivity index (χ1v) is 13.2. The van der Waals surface area contributed by atoms with Gasteiger partial charge in [0.1, 0.15) is 5.82 Å². The molecule has 0 spiro atoms. The predicted octanol–water partition coefficient (Wildman–Crippen LogP) is 4.84. The summed E-state index contributed by atoms with van der Waals surface area (Å²) in [5, 5.41) is 2.78. The van der Waals surface area contributed by atoms with Crippen LogP contribution in [0.1, 0.15) is 36.5 Å². The minimum Gasteiger partial charge on any atom is -0.493 e. The Bertz CT molecular complexity index is 1450. The normalized spacial score (nSPS) is 15.1. The van der Waals surface area contributed by atoms with Gasteiger partial charge in [-0.05, 0) is 36.1 Å². The Morgan fingerprint density at radius 1 is 1.00 bits per heavy atom. The second-order valence-electron chi connectivity index (χ2n) is 8.80. The molecule has 7 nitrogen and oxygen atoms in total. The van der Waals surface area contributed by atoms with E-state index in [9.17, 15) is 17.6 Å². The average molecular weight is 525 g/mol. The van der Waals surface area contributed by atoms with Crippen LogP contribution in [-0.2, 0) is 21.4 Å². The van der Waals surface area contributed by atoms with Crippen LogP contribution in [-0.4, -0.2) is 35.1 Å². The molecule has 1 atom stereocenters. The van der Waals surface area contributed by atoms with Crippen LogP contribution in [0.4, 0.5) is 10.1 Å². The number of fused-ring (bicyclic) bond motifs is 1. The van der Waals surface area contributed by atoms with E-state index in [0.717, 1.165) is 9.87 Å². The number of allylic oxidation sites excluding steroid dienone is 1. The average Bonchev–Trinajstić information content (AvgIpc) is 2.90. The molecule has 194 valence electrons. The first kappa shape index (κ1) is 26.2. The Morgan fingerprint density at radius 3 is 2.27 bits per heavy atom. The smallest absolute Gasteiger partial charge is 0.270 e. The van der Waals surface area contributed by atoms with Gasteiger partial charge in [0.25, 0.3) is 15.9 Å². The van der Waals surface area contributed by atoms with Crippen LogP contribution in [0.3, 0.4) is 0 Å². The molecule has 1 aliphatic heterocycles. The van der Waals surface area contributed by atoms with Gasteiger partial charge in [-0.2, -0.15) is 0 Å². The van der Waals surface area contributed by atoms with Gasteiger partial charge in [-0.15, -0.1) is 0 Å². The lowest BCUT2D eigenvalue weighted by atomic mass is 10.0. The Labute approximate surface area is 216 Å². The van der Waals surface area contributed by atoms with E-state index in [2.05, 4.69) is 5.32 Å². The number of methoxy groups -OCH3 is 2. The highest BCUT2D eigenvalue weighted by Crippen LogP contribution is 2.45. The summed E-state index contributed by atoms with van der Waals surface area (Å²) >= 11 is 0. The monoisotopic (exact) mass is 524 g/mol. The fraction of sp³-hybridized carbons (Fsp3) is 0.250. The number of hydrogen-bond acceptors (Lipinski definition) is 5. The molecule has 4 rings (SSSR count). The van der Waals surface area contributed by atoms with Gasteiger partial charge in [-0.1, -0.05) is 55.5 Å². The Kier molecular flexibility index (Phi) is 7.54. The summed E-state index contributed by atoms with van der Waals surface area (Å²) in [5.74, 6) is -0.619. The maximum atomic E-state index is 14.6. The molecule has 0 fully saturated rings. The van der Waals surface area contributed by atoms with E-state index in [1.165, 1.54) is 38.5 Å². The first-order valence-electron chi connectivity index (χ1n) is 11.8. The maximum Gasteiger partial charge on any atom is 0.270 e. The molecule has 0 radical (unpaired) electrons. The van der Waals surface area contributed by atoms with Crippen LogP contribution >= 0.6 is 0 Å². The third kappa shape index (κ3) is 5.04. The number of amides is 1. The summed E-state index contributed by atoms with van der Waals surface area (Å²) in [6.45, 7) is 3.46. The lowest BCUT2D eigenvalue weighted by molar-refractivity contribution is -0.116. The maximum absolute atomic E-state index is 14.6. The van der Waals surface area contributed by atoms with Crippen molar-refractivity contribution in [3.8, 4) is 11.5 Å². The van der Waals surface area contributed by atoms with Gasteiger partial charge in [0.05, 0.1) is 26.5 Å². The van der Waals surface area contributed by atoms with Gasteiger partial charge in [-0.25, -0.2) is 12.8 Å². The Balaban J connectivity index is 1.79. The molecule has 0 saturated heterocycles. The zero-order valence-electron chi connectivity index (χ0n) is 21.1. The summed E-state index contributed by atoms with van der Waals surface area (Å²) in [7, 11) is -1.45. The fourth-order valence-corrected chi connectivity index (χ4v) is 6.14. The Hall–Kier alpha value is -3.85. The lowest BCUT2D eigenvalue weighted by Gasteiger charge is -2.33. The quantitative estimate of drug-likeness (QED) is 0.456. The molecule has 1 heterocycles. The number of hydrogen-bond donors (Lipinski definition) is 1. The number of nitrogens with one attached hydrogen (secondary N) is 1. The van der Waals surface area contributed by atoms with Crippen molar-refractivity contribution in [1.29, 1.82) is 0 Å². The minimum absolute atomic E-state index is 0.0384. The Morgan fingerprint density at radius 2 is 1.62 bits per heavy atom. The molecule has 9 heteroatoms. The second-order valence-corrected chi connectivity index (χ2v) is 10.6. The van der Waals surface area contributed by atoms with Gasteiger partial charge < -0.3 is 14.8 Å². The van der Waals surface area contributed by atoms with E-state index in [1.807, 2.05) is 37.3 Å². The van der Waals surface area contributed by atoms with E-state index in [1.54, 1.807) is 19.1 Å². The molecule has 0 aromatic heterocycles. The molecule has 3 aromatic carbocycles. The molecule has 1 aliphatic rings. The van der Waals surface area contributed by atoms with Gasteiger partial charge in [0.15, 0.2) is 16.4 Å². The number of carbonyl (C=O) groups excluding carboxylic acids is 1. The zero-order valence-corrected chi connectivity index (χ0v) is 21.9. The van der Waals surface area contributed by atoms with E-state index >= 15 is 0 Å². The SMILES string of the molecule is COc1cc2c(cc1OC)N(Cc1ccccc1F)S(=O)(=O)C(C(=O)NCC(C)c1ccccc1)=C2C. The molecule has 0 saturated carbocycles. The van der Waals surface area contributed by atoms with Crippen molar-refractivity contribution in [3.63, 3.8) is 0 Å². The van der Waals surface area contributed by atoms with Gasteiger partial charge >= 0.3 is 0 Å². The van der Waals surface area contributed by atoms with Crippen LogP contribution in [0.15, 0.2) is 71.6 Å². The van der Waals surface area contributed by atoms with Crippen molar-refractivity contribution in [2.45, 2.75) is 26.3 Å². The van der Waals surface area contributed by atoms with Gasteiger partial charge in [0.2, 0.25) is 0 Å². The highest BCUT2D eigenvalue weighted by molar-refractivity contribution is 7.97. The zero-order chi connectivity index (χ0) is 26.7. The number of anilines is 1. The van der Waals surface area contributed by atoms with Crippen molar-refractivity contribution < 1.29 is 27.1 Å². The summed E-state index contributed by atoms with van der Waals surface area (Å²) in [6, 6.07) is 18.7. The number of rotatable bonds is 8. The van der Waals surface area contributed by atoms with Crippen LogP contribution in [0, 0.1) is 5.82 Å². The number of sulfonamides is 1. The number of carbonyl (C=O) groups is 1. The molecule has 37 heavy (non-hydrogen) atoms. The molecular weight excluding hydrogens is 495 g/mol. The van der Waals surface area contributed by atoms with Gasteiger partial charge in [0, 0.05) is 23.7 Å². The number of nitrogens with zero attached hydrogens (tertiary/aromatic N) is 1. The molecule has 0 aliphatic carbocycles. The minimum atomic E-state index is -4.36. The van der Waals surface area contributed by atoms with Crippen LogP contribution < -0.4 is 19.1 Å². The summed E-state index contributed by atoms with van der Waals surface area (Å²) in [6.07, 6.45) is 0.